The van der Waals surface area contributed by atoms with Gasteiger partial charge in [-0.05, 0) is 6.42 Å². The molecule has 0 aromatic rings. The molecule has 4 nitrogen and oxygen atoms in total. The van der Waals surface area contributed by atoms with Crippen LogP contribution in [0.25, 0.3) is 0 Å². The number of ether oxygens (including phenoxy) is 1. The van der Waals surface area contributed by atoms with Gasteiger partial charge in [-0.15, -0.1) is 0 Å². The van der Waals surface area contributed by atoms with Crippen LogP contribution in [-0.4, -0.2) is 37.1 Å². The summed E-state index contributed by atoms with van der Waals surface area (Å²) in [5.41, 5.74) is 0. The van der Waals surface area contributed by atoms with Gasteiger partial charge in [-0.25, -0.2) is 0 Å². The Bertz CT molecular complexity index is 250. The van der Waals surface area contributed by atoms with Crippen molar-refractivity contribution in [2.45, 2.75) is 110 Å². The van der Waals surface area contributed by atoms with Crippen LogP contribution in [0.3, 0.4) is 0 Å². The van der Waals surface area contributed by atoms with Gasteiger partial charge >= 0.3 is 9.53 Å². The third-order valence-corrected chi connectivity index (χ3v) is 5.76. The molecule has 0 amide bonds. The van der Waals surface area contributed by atoms with Crippen LogP contribution in [0.5, 0.6) is 0 Å². The Morgan fingerprint density at radius 2 is 0.923 bits per heavy atom. The van der Waals surface area contributed by atoms with Gasteiger partial charge in [0.25, 0.3) is 0 Å². The van der Waals surface area contributed by atoms with E-state index in [-0.39, 0.29) is 6.79 Å². The lowest BCUT2D eigenvalue weighted by molar-refractivity contribution is -0.0201. The van der Waals surface area contributed by atoms with E-state index in [1.165, 1.54) is 96.3 Å². The van der Waals surface area contributed by atoms with Crippen LogP contribution in [0, 0.1) is 0 Å². The van der Waals surface area contributed by atoms with E-state index in [9.17, 15) is 0 Å². The zero-order chi connectivity index (χ0) is 19.1. The van der Waals surface area contributed by atoms with Crippen molar-refractivity contribution >= 4 is 9.53 Å². The molecular formula is C21H45O4Si. The molecule has 157 valence electrons. The summed E-state index contributed by atoms with van der Waals surface area (Å²) in [4.78, 5) is 0. The van der Waals surface area contributed by atoms with Gasteiger partial charge < -0.3 is 18.0 Å². The largest absolute Gasteiger partial charge is 0.578 e. The van der Waals surface area contributed by atoms with E-state index in [1.54, 1.807) is 14.2 Å². The van der Waals surface area contributed by atoms with Crippen molar-refractivity contribution in [3.05, 3.63) is 0 Å². The van der Waals surface area contributed by atoms with Crippen LogP contribution in [-0.2, 0) is 18.0 Å². The average Bonchev–Trinajstić information content (AvgIpc) is 2.66. The summed E-state index contributed by atoms with van der Waals surface area (Å²) in [6.45, 7) is 3.32. The van der Waals surface area contributed by atoms with E-state index in [0.29, 0.717) is 0 Å². The third kappa shape index (κ3) is 20.4. The Balaban J connectivity index is 3.03. The number of hydrogen-bond acceptors (Lipinski definition) is 4. The predicted molar refractivity (Wildman–Crippen MR) is 111 cm³/mol. The molecule has 0 heterocycles. The lowest BCUT2D eigenvalue weighted by Gasteiger charge is -2.09. The third-order valence-electron chi connectivity index (χ3n) is 4.74. The summed E-state index contributed by atoms with van der Waals surface area (Å²) in [7, 11) is 1.61. The summed E-state index contributed by atoms with van der Waals surface area (Å²) in [5.74, 6) is 0. The summed E-state index contributed by atoms with van der Waals surface area (Å²) in [6, 6.07) is 0. The smallest absolute Gasteiger partial charge is 0.374 e. The Hall–Kier alpha value is 0.0569. The van der Waals surface area contributed by atoms with Crippen LogP contribution in [0.1, 0.15) is 110 Å². The zero-order valence-corrected chi connectivity index (χ0v) is 18.9. The Labute approximate surface area is 165 Å². The lowest BCUT2D eigenvalue weighted by Crippen LogP contribution is -2.25. The first kappa shape index (κ1) is 26.1. The van der Waals surface area contributed by atoms with E-state index in [1.807, 2.05) is 0 Å². The fourth-order valence-electron chi connectivity index (χ4n) is 3.10. The van der Waals surface area contributed by atoms with E-state index in [2.05, 4.69) is 6.92 Å². The summed E-state index contributed by atoms with van der Waals surface area (Å²) in [5, 5.41) is 0. The molecule has 0 fully saturated rings. The van der Waals surface area contributed by atoms with Gasteiger partial charge in [0.15, 0.2) is 0 Å². The molecule has 26 heavy (non-hydrogen) atoms. The minimum atomic E-state index is -1.57. The van der Waals surface area contributed by atoms with Crippen molar-refractivity contribution in [3.8, 4) is 0 Å². The van der Waals surface area contributed by atoms with Crippen molar-refractivity contribution in [1.82, 2.24) is 0 Å². The highest BCUT2D eigenvalue weighted by Gasteiger charge is 2.13. The van der Waals surface area contributed by atoms with Crippen molar-refractivity contribution < 1.29 is 18.0 Å². The first-order valence-electron chi connectivity index (χ1n) is 11.0. The molecule has 0 saturated heterocycles. The Morgan fingerprint density at radius 1 is 0.538 bits per heavy atom. The standard InChI is InChI=1S/C21H45O4Si/c1-4-5-6-7-8-9-10-11-12-13-14-15-16-17-18-19-20-24-21-25-26(22-2)23-3/h4-21H2,1-3H3. The second-order valence-electron chi connectivity index (χ2n) is 7.13. The molecule has 0 aromatic heterocycles. The minimum absolute atomic E-state index is 0.273. The highest BCUT2D eigenvalue weighted by Crippen LogP contribution is 2.13. The summed E-state index contributed by atoms with van der Waals surface area (Å²) >= 11 is 0. The van der Waals surface area contributed by atoms with Crippen LogP contribution in [0.15, 0.2) is 0 Å². The van der Waals surface area contributed by atoms with Crippen LogP contribution >= 0.6 is 0 Å². The quantitative estimate of drug-likeness (QED) is 0.120. The van der Waals surface area contributed by atoms with Crippen molar-refractivity contribution in [3.63, 3.8) is 0 Å². The van der Waals surface area contributed by atoms with Crippen LogP contribution in [0.2, 0.25) is 0 Å². The molecule has 0 unspecified atom stereocenters. The second-order valence-corrected chi connectivity index (χ2v) is 8.74. The van der Waals surface area contributed by atoms with E-state index >= 15 is 0 Å². The number of hydrogen-bond donors (Lipinski definition) is 0. The summed E-state index contributed by atoms with van der Waals surface area (Å²) in [6.07, 6.45) is 22.2. The fourth-order valence-corrected chi connectivity index (χ4v) is 3.68. The lowest BCUT2D eigenvalue weighted by atomic mass is 10.0. The van der Waals surface area contributed by atoms with E-state index in [0.717, 1.165) is 13.0 Å². The average molecular weight is 390 g/mol. The fraction of sp³-hybridized carbons (Fsp3) is 1.00. The van der Waals surface area contributed by atoms with Crippen molar-refractivity contribution in [1.29, 1.82) is 0 Å². The molecular weight excluding hydrogens is 344 g/mol. The molecule has 0 aliphatic carbocycles. The Kier molecular flexibility index (Phi) is 23.1. The van der Waals surface area contributed by atoms with Gasteiger partial charge in [0.2, 0.25) is 0 Å². The molecule has 0 spiro atoms. The highest BCUT2D eigenvalue weighted by molar-refractivity contribution is 6.36. The Morgan fingerprint density at radius 3 is 1.31 bits per heavy atom. The zero-order valence-electron chi connectivity index (χ0n) is 17.9. The highest BCUT2D eigenvalue weighted by atomic mass is 28.3. The van der Waals surface area contributed by atoms with Crippen LogP contribution < -0.4 is 0 Å². The van der Waals surface area contributed by atoms with Crippen molar-refractivity contribution in [2.24, 2.45) is 0 Å². The van der Waals surface area contributed by atoms with Gasteiger partial charge in [0.05, 0.1) is 0 Å². The van der Waals surface area contributed by atoms with Gasteiger partial charge in [0.1, 0.15) is 6.79 Å². The van der Waals surface area contributed by atoms with Gasteiger partial charge in [-0.2, -0.15) is 0 Å². The van der Waals surface area contributed by atoms with Gasteiger partial charge in [-0.3, -0.25) is 0 Å². The molecule has 0 aliphatic heterocycles. The van der Waals surface area contributed by atoms with E-state index < -0.39 is 9.53 Å². The molecule has 0 aliphatic rings. The van der Waals surface area contributed by atoms with Crippen LogP contribution in [0.4, 0.5) is 0 Å². The topological polar surface area (TPSA) is 36.9 Å². The maximum atomic E-state index is 5.43. The normalized spacial score (nSPS) is 11.5. The molecule has 0 rings (SSSR count). The monoisotopic (exact) mass is 389 g/mol. The second kappa shape index (κ2) is 23.1. The molecule has 5 heteroatoms. The molecule has 0 saturated carbocycles. The predicted octanol–water partition coefficient (Wildman–Crippen LogP) is 6.52. The first-order valence-corrected chi connectivity index (χ1v) is 12.2. The summed E-state index contributed by atoms with van der Waals surface area (Å²) < 4.78 is 20.8. The number of rotatable bonds is 22. The van der Waals surface area contributed by atoms with E-state index in [4.69, 9.17) is 18.0 Å². The van der Waals surface area contributed by atoms with Gasteiger partial charge in [0, 0.05) is 20.8 Å². The molecule has 0 N–H and O–H groups in total. The first-order chi connectivity index (χ1) is 12.8. The maximum Gasteiger partial charge on any atom is 0.578 e. The molecule has 1 radical (unpaired) electrons. The maximum absolute atomic E-state index is 5.43. The van der Waals surface area contributed by atoms with Crippen molar-refractivity contribution in [2.75, 3.05) is 27.6 Å². The molecule has 0 aromatic carbocycles. The minimum Gasteiger partial charge on any atom is -0.374 e. The van der Waals surface area contributed by atoms with Gasteiger partial charge in [-0.1, -0.05) is 103 Å². The molecule has 0 atom stereocenters. The number of unbranched alkanes of at least 4 members (excludes halogenated alkanes) is 15. The SMILES string of the molecule is CCCCCCCCCCCCCCCCCCOCO[Si](OC)OC. The molecule has 0 bridgehead atoms.